The minimum atomic E-state index is 0.0977. The molecule has 0 radical (unpaired) electrons. The van der Waals surface area contributed by atoms with Crippen molar-refractivity contribution in [1.29, 1.82) is 0 Å². The van der Waals surface area contributed by atoms with Crippen LogP contribution in [0.15, 0.2) is 12.1 Å². The molecular weight excluding hydrogens is 296 g/mol. The zero-order valence-electron chi connectivity index (χ0n) is 13.1. The van der Waals surface area contributed by atoms with Crippen molar-refractivity contribution in [3.63, 3.8) is 0 Å². The zero-order valence-corrected chi connectivity index (χ0v) is 14.0. The first-order valence-corrected chi connectivity index (χ1v) is 9.22. The molecule has 0 unspecified atom stereocenters. The second-order valence-electron chi connectivity index (χ2n) is 6.31. The molecule has 0 atom stereocenters. The van der Waals surface area contributed by atoms with Crippen molar-refractivity contribution in [3.8, 4) is 0 Å². The summed E-state index contributed by atoms with van der Waals surface area (Å²) in [6.07, 6.45) is 7.97. The highest BCUT2D eigenvalue weighted by molar-refractivity contribution is 7.18. The van der Waals surface area contributed by atoms with E-state index < -0.39 is 0 Å². The van der Waals surface area contributed by atoms with Crippen molar-refractivity contribution < 1.29 is 9.59 Å². The molecule has 0 saturated heterocycles. The van der Waals surface area contributed by atoms with Crippen LogP contribution in [-0.4, -0.2) is 29.3 Å². The van der Waals surface area contributed by atoms with Crippen LogP contribution in [0, 0.1) is 5.92 Å². The SMILES string of the molecule is CCN(C(=O)c1ccc(NC(=O)C2CC2)s1)C1CCCCC1. The Bertz CT molecular complexity index is 545. The van der Waals surface area contributed by atoms with E-state index in [1.807, 2.05) is 17.0 Å². The van der Waals surface area contributed by atoms with Crippen LogP contribution in [0.25, 0.3) is 0 Å². The quantitative estimate of drug-likeness (QED) is 0.894. The predicted octanol–water partition coefficient (Wildman–Crippen LogP) is 3.89. The average molecular weight is 320 g/mol. The van der Waals surface area contributed by atoms with Gasteiger partial charge in [-0.1, -0.05) is 19.3 Å². The van der Waals surface area contributed by atoms with E-state index in [9.17, 15) is 9.59 Å². The lowest BCUT2D eigenvalue weighted by Crippen LogP contribution is -2.40. The first-order chi connectivity index (χ1) is 10.7. The van der Waals surface area contributed by atoms with Gasteiger partial charge in [-0.05, 0) is 44.7 Å². The fraction of sp³-hybridized carbons (Fsp3) is 0.647. The molecule has 1 aromatic heterocycles. The Morgan fingerprint density at radius 2 is 1.91 bits per heavy atom. The number of carbonyl (C=O) groups excluding carboxylic acids is 2. The van der Waals surface area contributed by atoms with Crippen LogP contribution in [0.1, 0.15) is 61.5 Å². The normalized spacial score (nSPS) is 19.0. The van der Waals surface area contributed by atoms with Gasteiger partial charge in [-0.2, -0.15) is 0 Å². The summed E-state index contributed by atoms with van der Waals surface area (Å²) in [5, 5.41) is 3.72. The van der Waals surface area contributed by atoms with Gasteiger partial charge in [0.25, 0.3) is 5.91 Å². The Labute approximate surface area is 135 Å². The number of amides is 2. The third-order valence-electron chi connectivity index (χ3n) is 4.63. The van der Waals surface area contributed by atoms with Crippen LogP contribution >= 0.6 is 11.3 Å². The molecule has 0 bridgehead atoms. The van der Waals surface area contributed by atoms with Crippen molar-refractivity contribution in [3.05, 3.63) is 17.0 Å². The molecule has 1 heterocycles. The maximum atomic E-state index is 12.7. The minimum absolute atomic E-state index is 0.0977. The predicted molar refractivity (Wildman–Crippen MR) is 89.3 cm³/mol. The van der Waals surface area contributed by atoms with E-state index in [1.54, 1.807) is 0 Å². The van der Waals surface area contributed by atoms with Crippen LogP contribution in [0.3, 0.4) is 0 Å². The lowest BCUT2D eigenvalue weighted by molar-refractivity contribution is -0.117. The summed E-state index contributed by atoms with van der Waals surface area (Å²) in [7, 11) is 0. The van der Waals surface area contributed by atoms with Crippen LogP contribution in [0.4, 0.5) is 5.00 Å². The summed E-state index contributed by atoms with van der Waals surface area (Å²) in [5.41, 5.74) is 0. The zero-order chi connectivity index (χ0) is 15.5. The number of nitrogens with zero attached hydrogens (tertiary/aromatic N) is 1. The molecule has 2 amide bonds. The molecule has 4 nitrogen and oxygen atoms in total. The summed E-state index contributed by atoms with van der Waals surface area (Å²) < 4.78 is 0. The highest BCUT2D eigenvalue weighted by Crippen LogP contribution is 2.32. The van der Waals surface area contributed by atoms with Gasteiger partial charge < -0.3 is 10.2 Å². The van der Waals surface area contributed by atoms with Gasteiger partial charge in [-0.25, -0.2) is 0 Å². The molecule has 3 rings (SSSR count). The summed E-state index contributed by atoms with van der Waals surface area (Å²) in [6, 6.07) is 4.09. The van der Waals surface area contributed by atoms with Crippen LogP contribution in [0.5, 0.6) is 0 Å². The number of rotatable bonds is 5. The third kappa shape index (κ3) is 3.51. The van der Waals surface area contributed by atoms with Crippen molar-refractivity contribution in [2.45, 2.75) is 57.9 Å². The Morgan fingerprint density at radius 1 is 1.18 bits per heavy atom. The maximum absolute atomic E-state index is 12.7. The highest BCUT2D eigenvalue weighted by atomic mass is 32.1. The molecule has 1 aromatic rings. The second kappa shape index (κ2) is 6.82. The topological polar surface area (TPSA) is 49.4 Å². The molecule has 0 aromatic carbocycles. The minimum Gasteiger partial charge on any atom is -0.335 e. The average Bonchev–Trinajstić information content (AvgIpc) is 3.29. The number of anilines is 1. The van der Waals surface area contributed by atoms with E-state index in [1.165, 1.54) is 30.6 Å². The molecule has 22 heavy (non-hydrogen) atoms. The van der Waals surface area contributed by atoms with Gasteiger partial charge >= 0.3 is 0 Å². The van der Waals surface area contributed by atoms with E-state index in [0.29, 0.717) is 6.04 Å². The van der Waals surface area contributed by atoms with Gasteiger partial charge in [0.2, 0.25) is 5.91 Å². The lowest BCUT2D eigenvalue weighted by atomic mass is 9.94. The molecule has 1 N–H and O–H groups in total. The summed E-state index contributed by atoms with van der Waals surface area (Å²) in [6.45, 7) is 2.81. The Balaban J connectivity index is 1.65. The molecule has 0 spiro atoms. The lowest BCUT2D eigenvalue weighted by Gasteiger charge is -2.33. The van der Waals surface area contributed by atoms with Crippen molar-refractivity contribution in [2.24, 2.45) is 5.92 Å². The standard InChI is InChI=1S/C17H24N2O2S/c1-2-19(13-6-4-3-5-7-13)17(21)14-10-11-15(22-14)18-16(20)12-8-9-12/h10-13H,2-9H2,1H3,(H,18,20). The monoisotopic (exact) mass is 320 g/mol. The highest BCUT2D eigenvalue weighted by Gasteiger charge is 2.30. The van der Waals surface area contributed by atoms with Gasteiger partial charge in [0.15, 0.2) is 0 Å². The Kier molecular flexibility index (Phi) is 4.81. The Hall–Kier alpha value is -1.36. The molecule has 0 aliphatic heterocycles. The number of hydrogen-bond donors (Lipinski definition) is 1. The van der Waals surface area contributed by atoms with Gasteiger partial charge in [-0.15, -0.1) is 11.3 Å². The van der Waals surface area contributed by atoms with E-state index >= 15 is 0 Å². The van der Waals surface area contributed by atoms with Gasteiger partial charge in [0, 0.05) is 18.5 Å². The van der Waals surface area contributed by atoms with Crippen LogP contribution in [0.2, 0.25) is 0 Å². The summed E-state index contributed by atoms with van der Waals surface area (Å²) in [4.78, 5) is 27.3. The fourth-order valence-corrected chi connectivity index (χ4v) is 4.06. The molecule has 2 fully saturated rings. The van der Waals surface area contributed by atoms with Crippen molar-refractivity contribution >= 4 is 28.2 Å². The van der Waals surface area contributed by atoms with E-state index in [2.05, 4.69) is 12.2 Å². The first kappa shape index (κ1) is 15.5. The van der Waals surface area contributed by atoms with Crippen LogP contribution < -0.4 is 5.32 Å². The summed E-state index contributed by atoms with van der Waals surface area (Å²) >= 11 is 1.40. The third-order valence-corrected chi connectivity index (χ3v) is 5.62. The number of carbonyl (C=O) groups is 2. The Morgan fingerprint density at radius 3 is 2.55 bits per heavy atom. The van der Waals surface area contributed by atoms with E-state index in [-0.39, 0.29) is 17.7 Å². The molecular formula is C17H24N2O2S. The molecule has 120 valence electrons. The second-order valence-corrected chi connectivity index (χ2v) is 7.39. The molecule has 2 aliphatic carbocycles. The van der Waals surface area contributed by atoms with Gasteiger partial charge in [-0.3, -0.25) is 9.59 Å². The van der Waals surface area contributed by atoms with Gasteiger partial charge in [0.05, 0.1) is 9.88 Å². The molecule has 2 aliphatic rings. The van der Waals surface area contributed by atoms with Gasteiger partial charge in [0.1, 0.15) is 0 Å². The summed E-state index contributed by atoms with van der Waals surface area (Å²) in [5.74, 6) is 0.405. The van der Waals surface area contributed by atoms with Crippen molar-refractivity contribution in [1.82, 2.24) is 4.90 Å². The largest absolute Gasteiger partial charge is 0.335 e. The van der Waals surface area contributed by atoms with Crippen molar-refractivity contribution in [2.75, 3.05) is 11.9 Å². The smallest absolute Gasteiger partial charge is 0.264 e. The van der Waals surface area contributed by atoms with Crippen LogP contribution in [-0.2, 0) is 4.79 Å². The number of nitrogens with one attached hydrogen (secondary N) is 1. The number of thiophene rings is 1. The fourth-order valence-electron chi connectivity index (χ4n) is 3.19. The molecule has 2 saturated carbocycles. The number of hydrogen-bond acceptors (Lipinski definition) is 3. The van der Waals surface area contributed by atoms with E-state index in [0.717, 1.165) is 42.1 Å². The molecule has 5 heteroatoms. The first-order valence-electron chi connectivity index (χ1n) is 8.40. The van der Waals surface area contributed by atoms with E-state index in [4.69, 9.17) is 0 Å². The maximum Gasteiger partial charge on any atom is 0.264 e.